The van der Waals surface area contributed by atoms with Gasteiger partial charge in [0.05, 0.1) is 6.61 Å². The Morgan fingerprint density at radius 2 is 2.08 bits per heavy atom. The molecule has 0 saturated heterocycles. The van der Waals surface area contributed by atoms with Gasteiger partial charge >= 0.3 is 0 Å². The SMILES string of the molecule is C.C[C@H]1COc2ccccc2C1. The van der Waals surface area contributed by atoms with Gasteiger partial charge < -0.3 is 4.74 Å². The van der Waals surface area contributed by atoms with E-state index in [0.717, 1.165) is 18.8 Å². The van der Waals surface area contributed by atoms with E-state index in [1.54, 1.807) is 0 Å². The number of hydrogen-bond donors (Lipinski definition) is 0. The summed E-state index contributed by atoms with van der Waals surface area (Å²) in [5.41, 5.74) is 1.35. The molecular weight excluding hydrogens is 148 g/mol. The Labute approximate surface area is 74.4 Å². The van der Waals surface area contributed by atoms with Crippen LogP contribution in [0.15, 0.2) is 24.3 Å². The number of rotatable bonds is 0. The Balaban J connectivity index is 0.000000720. The summed E-state index contributed by atoms with van der Waals surface area (Å²) in [7, 11) is 0. The van der Waals surface area contributed by atoms with E-state index in [-0.39, 0.29) is 7.43 Å². The van der Waals surface area contributed by atoms with Gasteiger partial charge in [0.25, 0.3) is 0 Å². The molecule has 0 bridgehead atoms. The molecule has 1 nitrogen and oxygen atoms in total. The van der Waals surface area contributed by atoms with Crippen molar-refractivity contribution in [1.29, 1.82) is 0 Å². The molecule has 1 aromatic rings. The van der Waals surface area contributed by atoms with Crippen molar-refractivity contribution in [1.82, 2.24) is 0 Å². The molecule has 0 amide bonds. The van der Waals surface area contributed by atoms with Crippen molar-refractivity contribution >= 4 is 0 Å². The maximum absolute atomic E-state index is 5.54. The van der Waals surface area contributed by atoms with Crippen LogP contribution < -0.4 is 4.74 Å². The summed E-state index contributed by atoms with van der Waals surface area (Å²) in [6.07, 6.45) is 1.16. The standard InChI is InChI=1S/C10H12O.CH4/c1-8-6-9-4-2-3-5-10(9)11-7-8;/h2-5,8H,6-7H2,1H3;1H4/t8-;/m1./s1. The van der Waals surface area contributed by atoms with Crippen LogP contribution in [0, 0.1) is 5.92 Å². The van der Waals surface area contributed by atoms with Crippen LogP contribution in [0.4, 0.5) is 0 Å². The Kier molecular flexibility index (Phi) is 2.74. The minimum absolute atomic E-state index is 0. The third kappa shape index (κ3) is 1.60. The molecule has 0 fully saturated rings. The van der Waals surface area contributed by atoms with Crippen molar-refractivity contribution in [2.24, 2.45) is 5.92 Å². The van der Waals surface area contributed by atoms with Gasteiger partial charge in [0, 0.05) is 0 Å². The van der Waals surface area contributed by atoms with Gasteiger partial charge in [-0.25, -0.2) is 0 Å². The van der Waals surface area contributed by atoms with E-state index in [0.29, 0.717) is 5.92 Å². The monoisotopic (exact) mass is 164 g/mol. The number of ether oxygens (including phenoxy) is 1. The van der Waals surface area contributed by atoms with Crippen LogP contribution in [0.25, 0.3) is 0 Å². The highest BCUT2D eigenvalue weighted by Gasteiger charge is 2.14. The zero-order valence-corrected chi connectivity index (χ0v) is 6.71. The predicted molar refractivity (Wildman–Crippen MR) is 51.5 cm³/mol. The third-order valence-electron chi connectivity index (χ3n) is 2.06. The molecule has 0 saturated carbocycles. The molecule has 0 spiro atoms. The van der Waals surface area contributed by atoms with Crippen LogP contribution in [0.2, 0.25) is 0 Å². The number of benzene rings is 1. The van der Waals surface area contributed by atoms with E-state index < -0.39 is 0 Å². The first-order valence-electron chi connectivity index (χ1n) is 4.07. The van der Waals surface area contributed by atoms with E-state index in [1.807, 2.05) is 12.1 Å². The smallest absolute Gasteiger partial charge is 0.122 e. The summed E-state index contributed by atoms with van der Waals surface area (Å²) in [5, 5.41) is 0. The third-order valence-corrected chi connectivity index (χ3v) is 2.06. The molecule has 0 N–H and O–H groups in total. The number of para-hydroxylation sites is 1. The zero-order chi connectivity index (χ0) is 7.68. The highest BCUT2D eigenvalue weighted by atomic mass is 16.5. The molecule has 1 aliphatic rings. The van der Waals surface area contributed by atoms with E-state index in [9.17, 15) is 0 Å². The Hall–Kier alpha value is -0.980. The Morgan fingerprint density at radius 1 is 1.33 bits per heavy atom. The maximum atomic E-state index is 5.54. The van der Waals surface area contributed by atoms with Gasteiger partial charge in [-0.15, -0.1) is 0 Å². The largest absolute Gasteiger partial charge is 0.493 e. The van der Waals surface area contributed by atoms with Crippen molar-refractivity contribution in [3.05, 3.63) is 29.8 Å². The average Bonchev–Trinajstić information content (AvgIpc) is 2.04. The fourth-order valence-corrected chi connectivity index (χ4v) is 1.48. The summed E-state index contributed by atoms with van der Waals surface area (Å²) in [5.74, 6) is 1.75. The van der Waals surface area contributed by atoms with E-state index in [1.165, 1.54) is 5.56 Å². The first kappa shape index (κ1) is 9.11. The lowest BCUT2D eigenvalue weighted by Crippen LogP contribution is -2.17. The molecule has 1 aromatic carbocycles. The number of fused-ring (bicyclic) bond motifs is 1. The quantitative estimate of drug-likeness (QED) is 0.573. The van der Waals surface area contributed by atoms with Crippen LogP contribution >= 0.6 is 0 Å². The summed E-state index contributed by atoms with van der Waals surface area (Å²) < 4.78 is 5.54. The van der Waals surface area contributed by atoms with Gasteiger partial charge in [0.1, 0.15) is 5.75 Å². The molecule has 0 aromatic heterocycles. The van der Waals surface area contributed by atoms with E-state index in [4.69, 9.17) is 4.74 Å². The second kappa shape index (κ2) is 3.61. The molecule has 66 valence electrons. The fraction of sp³-hybridized carbons (Fsp3) is 0.455. The fourth-order valence-electron chi connectivity index (χ4n) is 1.48. The van der Waals surface area contributed by atoms with E-state index in [2.05, 4.69) is 19.1 Å². The van der Waals surface area contributed by atoms with Crippen LogP contribution in [-0.2, 0) is 6.42 Å². The lowest BCUT2D eigenvalue weighted by atomic mass is 9.99. The molecule has 0 radical (unpaired) electrons. The highest BCUT2D eigenvalue weighted by molar-refractivity contribution is 5.34. The van der Waals surface area contributed by atoms with E-state index >= 15 is 0 Å². The highest BCUT2D eigenvalue weighted by Crippen LogP contribution is 2.25. The van der Waals surface area contributed by atoms with Crippen LogP contribution in [-0.4, -0.2) is 6.61 Å². The molecule has 1 heterocycles. The second-order valence-electron chi connectivity index (χ2n) is 3.23. The van der Waals surface area contributed by atoms with Crippen molar-refractivity contribution in [2.45, 2.75) is 20.8 Å². The second-order valence-corrected chi connectivity index (χ2v) is 3.23. The molecule has 0 aliphatic carbocycles. The maximum Gasteiger partial charge on any atom is 0.122 e. The first-order valence-corrected chi connectivity index (χ1v) is 4.07. The number of hydrogen-bond acceptors (Lipinski definition) is 1. The van der Waals surface area contributed by atoms with Gasteiger partial charge in [0.2, 0.25) is 0 Å². The first-order chi connectivity index (χ1) is 5.36. The molecule has 2 rings (SSSR count). The van der Waals surface area contributed by atoms with Gasteiger partial charge in [-0.2, -0.15) is 0 Å². The molecule has 1 atom stereocenters. The predicted octanol–water partition coefficient (Wildman–Crippen LogP) is 2.89. The normalized spacial score (nSPS) is 20.2. The van der Waals surface area contributed by atoms with Gasteiger partial charge in [-0.05, 0) is 24.0 Å². The Morgan fingerprint density at radius 3 is 2.92 bits per heavy atom. The van der Waals surface area contributed by atoms with Gasteiger partial charge in [-0.1, -0.05) is 32.5 Å². The molecular formula is C11H16O. The minimum atomic E-state index is 0. The lowest BCUT2D eigenvalue weighted by molar-refractivity contribution is 0.234. The Bertz CT molecular complexity index is 255. The molecule has 0 unspecified atom stereocenters. The zero-order valence-electron chi connectivity index (χ0n) is 6.71. The summed E-state index contributed by atoms with van der Waals surface area (Å²) >= 11 is 0. The minimum Gasteiger partial charge on any atom is -0.493 e. The van der Waals surface area contributed by atoms with Crippen LogP contribution in [0.3, 0.4) is 0 Å². The van der Waals surface area contributed by atoms with Crippen molar-refractivity contribution in [3.8, 4) is 5.75 Å². The van der Waals surface area contributed by atoms with Crippen molar-refractivity contribution in [2.75, 3.05) is 6.61 Å². The van der Waals surface area contributed by atoms with Crippen molar-refractivity contribution in [3.63, 3.8) is 0 Å². The average molecular weight is 164 g/mol. The molecule has 1 aliphatic heterocycles. The summed E-state index contributed by atoms with van der Waals surface area (Å²) in [4.78, 5) is 0. The summed E-state index contributed by atoms with van der Waals surface area (Å²) in [6, 6.07) is 8.28. The van der Waals surface area contributed by atoms with Gasteiger partial charge in [0.15, 0.2) is 0 Å². The molecule has 12 heavy (non-hydrogen) atoms. The lowest BCUT2D eigenvalue weighted by Gasteiger charge is -2.21. The molecule has 1 heteroatoms. The van der Waals surface area contributed by atoms with Crippen LogP contribution in [0.1, 0.15) is 19.9 Å². The van der Waals surface area contributed by atoms with Crippen molar-refractivity contribution < 1.29 is 4.74 Å². The van der Waals surface area contributed by atoms with Gasteiger partial charge in [-0.3, -0.25) is 0 Å². The van der Waals surface area contributed by atoms with Crippen LogP contribution in [0.5, 0.6) is 5.75 Å². The topological polar surface area (TPSA) is 9.23 Å². The summed E-state index contributed by atoms with van der Waals surface area (Å²) in [6.45, 7) is 3.09.